The lowest BCUT2D eigenvalue weighted by Gasteiger charge is -2.25. The van der Waals surface area contributed by atoms with Gasteiger partial charge in [0.2, 0.25) is 0 Å². The molecule has 1 aromatic rings. The maximum absolute atomic E-state index is 13.9. The van der Waals surface area contributed by atoms with Gasteiger partial charge in [-0.05, 0) is 46.8 Å². The van der Waals surface area contributed by atoms with Crippen molar-refractivity contribution in [2.45, 2.75) is 37.8 Å². The predicted octanol–water partition coefficient (Wildman–Crippen LogP) is 3.70. The fourth-order valence-electron chi connectivity index (χ4n) is 2.61. The molecule has 0 saturated heterocycles. The van der Waals surface area contributed by atoms with Crippen molar-refractivity contribution in [3.8, 4) is 0 Å². The second-order valence-electron chi connectivity index (χ2n) is 4.82. The van der Waals surface area contributed by atoms with Crippen LogP contribution in [0.3, 0.4) is 0 Å². The van der Waals surface area contributed by atoms with Gasteiger partial charge in [0, 0.05) is 5.56 Å². The molecule has 1 fully saturated rings. The Labute approximate surface area is 125 Å². The molecule has 2 atom stereocenters. The van der Waals surface area contributed by atoms with Crippen LogP contribution in [0.25, 0.3) is 0 Å². The highest BCUT2D eigenvalue weighted by Crippen LogP contribution is 2.35. The smallest absolute Gasteiger partial charge is 0.145 e. The highest BCUT2D eigenvalue weighted by Gasteiger charge is 2.32. The molecule has 0 spiro atoms. The van der Waals surface area contributed by atoms with Gasteiger partial charge in [-0.3, -0.25) is 0 Å². The number of aliphatic hydroxyl groups excluding tert-OH is 1. The highest BCUT2D eigenvalue weighted by atomic mass is 79.9. The molecule has 2 nitrogen and oxygen atoms in total. The Hall–Kier alpha value is -0.230. The molecule has 0 aliphatic heterocycles. The van der Waals surface area contributed by atoms with E-state index in [1.54, 1.807) is 0 Å². The minimum absolute atomic E-state index is 0. The number of aliphatic hydroxyl groups is 1. The first-order valence-electron chi connectivity index (χ1n) is 6.09. The molecule has 2 rings (SSSR count). The van der Waals surface area contributed by atoms with E-state index < -0.39 is 23.8 Å². The van der Waals surface area contributed by atoms with E-state index in [2.05, 4.69) is 15.9 Å². The Morgan fingerprint density at radius 3 is 2.42 bits per heavy atom. The van der Waals surface area contributed by atoms with Crippen molar-refractivity contribution < 1.29 is 13.9 Å². The standard InChI is InChI=1S/C13H16BrF2NO.ClH/c14-8-5-6-9(15)10(11(8)16)12(17)13(18)7-3-1-2-4-7;/h5-7,12-13,18H,1-4,17H2;1H/t12-,13+;/m0./s1. The Balaban J connectivity index is 0.00000180. The molecule has 1 saturated carbocycles. The van der Waals surface area contributed by atoms with Gasteiger partial charge in [-0.15, -0.1) is 12.4 Å². The van der Waals surface area contributed by atoms with Crippen molar-refractivity contribution in [2.24, 2.45) is 11.7 Å². The van der Waals surface area contributed by atoms with Gasteiger partial charge in [0.05, 0.1) is 16.6 Å². The molecule has 0 radical (unpaired) electrons. The van der Waals surface area contributed by atoms with Crippen molar-refractivity contribution in [3.63, 3.8) is 0 Å². The third-order valence-electron chi connectivity index (χ3n) is 3.66. The van der Waals surface area contributed by atoms with E-state index in [4.69, 9.17) is 5.73 Å². The first kappa shape index (κ1) is 16.8. The number of hydrogen-bond donors (Lipinski definition) is 2. The summed E-state index contributed by atoms with van der Waals surface area (Å²) < 4.78 is 27.7. The third-order valence-corrected chi connectivity index (χ3v) is 4.28. The second kappa shape index (κ2) is 6.97. The van der Waals surface area contributed by atoms with Crippen LogP contribution in [-0.4, -0.2) is 11.2 Å². The molecule has 19 heavy (non-hydrogen) atoms. The number of rotatable bonds is 3. The average Bonchev–Trinajstić information content (AvgIpc) is 2.87. The van der Waals surface area contributed by atoms with Crippen LogP contribution in [0, 0.1) is 17.6 Å². The molecule has 3 N–H and O–H groups in total. The van der Waals surface area contributed by atoms with Crippen LogP contribution in [0.5, 0.6) is 0 Å². The van der Waals surface area contributed by atoms with Gasteiger partial charge in [0.15, 0.2) is 0 Å². The summed E-state index contributed by atoms with van der Waals surface area (Å²) in [6.07, 6.45) is 2.92. The van der Waals surface area contributed by atoms with Gasteiger partial charge in [-0.25, -0.2) is 8.78 Å². The molecule has 0 aromatic heterocycles. The van der Waals surface area contributed by atoms with Crippen LogP contribution in [-0.2, 0) is 0 Å². The van der Waals surface area contributed by atoms with E-state index in [9.17, 15) is 13.9 Å². The summed E-state index contributed by atoms with van der Waals surface area (Å²) in [4.78, 5) is 0. The minimum atomic E-state index is -1.02. The maximum Gasteiger partial charge on any atom is 0.145 e. The number of nitrogens with two attached hydrogens (primary N) is 1. The Morgan fingerprint density at radius 1 is 1.26 bits per heavy atom. The summed E-state index contributed by atoms with van der Waals surface area (Å²) in [5.41, 5.74) is 5.61. The van der Waals surface area contributed by atoms with Gasteiger partial charge < -0.3 is 10.8 Å². The summed E-state index contributed by atoms with van der Waals surface area (Å²) in [7, 11) is 0. The number of benzene rings is 1. The summed E-state index contributed by atoms with van der Waals surface area (Å²) >= 11 is 3.00. The van der Waals surface area contributed by atoms with E-state index in [1.807, 2.05) is 0 Å². The number of hydrogen-bond acceptors (Lipinski definition) is 2. The largest absolute Gasteiger partial charge is 0.391 e. The van der Waals surface area contributed by atoms with E-state index >= 15 is 0 Å². The van der Waals surface area contributed by atoms with Crippen molar-refractivity contribution >= 4 is 28.3 Å². The molecular formula is C13H17BrClF2NO. The van der Waals surface area contributed by atoms with Crippen molar-refractivity contribution in [1.29, 1.82) is 0 Å². The van der Waals surface area contributed by atoms with Crippen LogP contribution in [0.4, 0.5) is 8.78 Å². The van der Waals surface area contributed by atoms with Gasteiger partial charge in [0.1, 0.15) is 11.6 Å². The molecule has 0 unspecified atom stereocenters. The van der Waals surface area contributed by atoms with Crippen LogP contribution in [0.1, 0.15) is 37.3 Å². The first-order valence-corrected chi connectivity index (χ1v) is 6.88. The molecule has 0 bridgehead atoms. The van der Waals surface area contributed by atoms with Gasteiger partial charge >= 0.3 is 0 Å². The monoisotopic (exact) mass is 355 g/mol. The van der Waals surface area contributed by atoms with Crippen LogP contribution < -0.4 is 5.73 Å². The second-order valence-corrected chi connectivity index (χ2v) is 5.67. The minimum Gasteiger partial charge on any atom is -0.391 e. The molecular weight excluding hydrogens is 340 g/mol. The highest BCUT2D eigenvalue weighted by molar-refractivity contribution is 9.10. The maximum atomic E-state index is 13.9. The zero-order chi connectivity index (χ0) is 13.3. The van der Waals surface area contributed by atoms with E-state index in [0.717, 1.165) is 31.7 Å². The zero-order valence-electron chi connectivity index (χ0n) is 10.3. The Bertz CT molecular complexity index is 441. The van der Waals surface area contributed by atoms with Gasteiger partial charge in [-0.2, -0.15) is 0 Å². The number of halogens is 4. The molecule has 1 aromatic carbocycles. The lowest BCUT2D eigenvalue weighted by atomic mass is 9.90. The molecule has 6 heteroatoms. The van der Waals surface area contributed by atoms with Crippen molar-refractivity contribution in [1.82, 2.24) is 0 Å². The summed E-state index contributed by atoms with van der Waals surface area (Å²) in [5, 5.41) is 10.1. The van der Waals surface area contributed by atoms with Crippen LogP contribution >= 0.6 is 28.3 Å². The summed E-state index contributed by atoms with van der Waals surface area (Å²) in [6.45, 7) is 0. The van der Waals surface area contributed by atoms with Crippen LogP contribution in [0.15, 0.2) is 16.6 Å². The van der Waals surface area contributed by atoms with E-state index in [1.165, 1.54) is 6.07 Å². The van der Waals surface area contributed by atoms with Gasteiger partial charge in [0.25, 0.3) is 0 Å². The van der Waals surface area contributed by atoms with Crippen molar-refractivity contribution in [3.05, 3.63) is 33.8 Å². The van der Waals surface area contributed by atoms with Gasteiger partial charge in [-0.1, -0.05) is 12.8 Å². The fraction of sp³-hybridized carbons (Fsp3) is 0.538. The Kier molecular flexibility index (Phi) is 6.17. The quantitative estimate of drug-likeness (QED) is 0.811. The molecule has 0 heterocycles. The van der Waals surface area contributed by atoms with E-state index in [0.29, 0.717) is 0 Å². The first-order chi connectivity index (χ1) is 8.52. The lowest BCUT2D eigenvalue weighted by molar-refractivity contribution is 0.0819. The average molecular weight is 357 g/mol. The topological polar surface area (TPSA) is 46.2 Å². The molecule has 1 aliphatic rings. The summed E-state index contributed by atoms with van der Waals surface area (Å²) in [5.74, 6) is -1.39. The predicted molar refractivity (Wildman–Crippen MR) is 76.2 cm³/mol. The summed E-state index contributed by atoms with van der Waals surface area (Å²) in [6, 6.07) is 1.43. The molecule has 0 amide bonds. The lowest BCUT2D eigenvalue weighted by Crippen LogP contribution is -2.33. The zero-order valence-corrected chi connectivity index (χ0v) is 12.7. The van der Waals surface area contributed by atoms with Crippen LogP contribution in [0.2, 0.25) is 0 Å². The van der Waals surface area contributed by atoms with E-state index in [-0.39, 0.29) is 28.4 Å². The molecule has 108 valence electrons. The SMILES string of the molecule is Cl.N[C@@H](c1c(F)ccc(Br)c1F)[C@H](O)C1CCCC1. The molecule has 1 aliphatic carbocycles. The normalized spacial score (nSPS) is 19.0. The van der Waals surface area contributed by atoms with Crippen molar-refractivity contribution in [2.75, 3.05) is 0 Å². The fourth-order valence-corrected chi connectivity index (χ4v) is 2.96. The Morgan fingerprint density at radius 2 is 1.84 bits per heavy atom. The third kappa shape index (κ3) is 3.45.